The summed E-state index contributed by atoms with van der Waals surface area (Å²) in [5, 5.41) is 9.30. The normalized spacial score (nSPS) is 21.5. The van der Waals surface area contributed by atoms with Gasteiger partial charge in [-0.2, -0.15) is 0 Å². The van der Waals surface area contributed by atoms with Crippen LogP contribution in [-0.2, 0) is 0 Å². The van der Waals surface area contributed by atoms with Gasteiger partial charge in [-0.25, -0.2) is 0 Å². The Balaban J connectivity index is 1.53. The monoisotopic (exact) mass is 363 g/mol. The number of rotatable bonds is 8. The fourth-order valence-corrected chi connectivity index (χ4v) is 4.67. The van der Waals surface area contributed by atoms with Gasteiger partial charge in [0.15, 0.2) is 5.96 Å². The fourth-order valence-electron chi connectivity index (χ4n) is 3.81. The van der Waals surface area contributed by atoms with Crippen LogP contribution in [-0.4, -0.2) is 69.1 Å². The van der Waals surface area contributed by atoms with Gasteiger partial charge in [0, 0.05) is 31.1 Å². The van der Waals surface area contributed by atoms with Crippen molar-refractivity contribution in [3.05, 3.63) is 22.4 Å². The molecule has 2 unspecified atom stereocenters. The van der Waals surface area contributed by atoms with Gasteiger partial charge < -0.3 is 15.5 Å². The van der Waals surface area contributed by atoms with Crippen molar-refractivity contribution in [3.8, 4) is 0 Å². The van der Waals surface area contributed by atoms with Crippen molar-refractivity contribution < 1.29 is 0 Å². The summed E-state index contributed by atoms with van der Waals surface area (Å²) < 4.78 is 0. The minimum Gasteiger partial charge on any atom is -0.355 e. The molecule has 2 N–H and O–H groups in total. The van der Waals surface area contributed by atoms with Gasteiger partial charge in [0.05, 0.1) is 6.04 Å². The molecule has 5 nitrogen and oxygen atoms in total. The summed E-state index contributed by atoms with van der Waals surface area (Å²) in [6.45, 7) is 4.29. The summed E-state index contributed by atoms with van der Waals surface area (Å²) in [7, 11) is 6.23. The van der Waals surface area contributed by atoms with E-state index in [9.17, 15) is 0 Å². The van der Waals surface area contributed by atoms with Crippen molar-refractivity contribution in [2.45, 2.75) is 37.8 Å². The lowest BCUT2D eigenvalue weighted by atomic mass is 10.1. The molecule has 2 fully saturated rings. The summed E-state index contributed by atoms with van der Waals surface area (Å²) in [6, 6.07) is 5.48. The molecule has 2 atom stereocenters. The van der Waals surface area contributed by atoms with Crippen molar-refractivity contribution in [1.82, 2.24) is 20.4 Å². The number of hydrogen-bond acceptors (Lipinski definition) is 4. The number of thiophene rings is 1. The predicted octanol–water partition coefficient (Wildman–Crippen LogP) is 2.39. The third-order valence-electron chi connectivity index (χ3n) is 5.45. The van der Waals surface area contributed by atoms with Gasteiger partial charge in [-0.1, -0.05) is 6.07 Å². The smallest absolute Gasteiger partial charge is 0.191 e. The van der Waals surface area contributed by atoms with Gasteiger partial charge in [-0.05, 0) is 70.2 Å². The number of guanidine groups is 1. The van der Waals surface area contributed by atoms with Gasteiger partial charge in [-0.3, -0.25) is 9.89 Å². The van der Waals surface area contributed by atoms with Crippen LogP contribution in [0.15, 0.2) is 22.5 Å². The predicted molar refractivity (Wildman–Crippen MR) is 107 cm³/mol. The van der Waals surface area contributed by atoms with E-state index in [0.29, 0.717) is 12.1 Å². The summed E-state index contributed by atoms with van der Waals surface area (Å²) in [5.41, 5.74) is 0. The number of likely N-dealkylation sites (tertiary alicyclic amines) is 1. The highest BCUT2D eigenvalue weighted by molar-refractivity contribution is 7.10. The summed E-state index contributed by atoms with van der Waals surface area (Å²) in [6.07, 6.45) is 5.37. The molecule has 1 saturated carbocycles. The minimum atomic E-state index is 0.453. The average molecular weight is 364 g/mol. The van der Waals surface area contributed by atoms with Crippen LogP contribution in [0.1, 0.15) is 36.6 Å². The maximum Gasteiger partial charge on any atom is 0.191 e. The van der Waals surface area contributed by atoms with Crippen molar-refractivity contribution in [3.63, 3.8) is 0 Å². The van der Waals surface area contributed by atoms with E-state index in [-0.39, 0.29) is 0 Å². The second-order valence-electron chi connectivity index (χ2n) is 7.48. The van der Waals surface area contributed by atoms with Gasteiger partial charge in [0.25, 0.3) is 0 Å². The topological polar surface area (TPSA) is 42.9 Å². The quantitative estimate of drug-likeness (QED) is 0.550. The molecular formula is C19H33N5S. The molecule has 0 aromatic carbocycles. The van der Waals surface area contributed by atoms with Crippen LogP contribution < -0.4 is 10.6 Å². The van der Waals surface area contributed by atoms with E-state index in [4.69, 9.17) is 0 Å². The van der Waals surface area contributed by atoms with Crippen LogP contribution in [0.2, 0.25) is 0 Å². The number of nitrogens with zero attached hydrogens (tertiary/aromatic N) is 3. The zero-order chi connectivity index (χ0) is 17.6. The molecule has 6 heteroatoms. The van der Waals surface area contributed by atoms with Crippen molar-refractivity contribution in [2.24, 2.45) is 10.9 Å². The molecular weight excluding hydrogens is 330 g/mol. The van der Waals surface area contributed by atoms with Crippen LogP contribution in [0.25, 0.3) is 0 Å². The Labute approximate surface area is 156 Å². The highest BCUT2D eigenvalue weighted by Gasteiger charge is 2.32. The Morgan fingerprint density at radius 1 is 1.28 bits per heavy atom. The molecule has 3 rings (SSSR count). The van der Waals surface area contributed by atoms with E-state index in [1.165, 1.54) is 43.6 Å². The number of aliphatic imine (C=N–C) groups is 1. The largest absolute Gasteiger partial charge is 0.355 e. The third kappa shape index (κ3) is 5.19. The lowest BCUT2D eigenvalue weighted by molar-refractivity contribution is 0.247. The van der Waals surface area contributed by atoms with Crippen molar-refractivity contribution in [2.75, 3.05) is 47.3 Å². The molecule has 1 aliphatic carbocycles. The van der Waals surface area contributed by atoms with E-state index in [0.717, 1.165) is 25.0 Å². The molecule has 25 heavy (non-hydrogen) atoms. The molecule has 0 bridgehead atoms. The highest BCUT2D eigenvalue weighted by Crippen LogP contribution is 2.34. The first kappa shape index (κ1) is 18.7. The average Bonchev–Trinajstić information content (AvgIpc) is 3.07. The van der Waals surface area contributed by atoms with E-state index < -0.39 is 0 Å². The van der Waals surface area contributed by atoms with Crippen LogP contribution >= 0.6 is 11.3 Å². The van der Waals surface area contributed by atoms with Gasteiger partial charge in [-0.15, -0.1) is 11.3 Å². The van der Waals surface area contributed by atoms with Gasteiger partial charge >= 0.3 is 0 Å². The molecule has 1 aromatic heterocycles. The van der Waals surface area contributed by atoms with Crippen molar-refractivity contribution in [1.29, 1.82) is 0 Å². The van der Waals surface area contributed by atoms with Crippen LogP contribution in [0.5, 0.6) is 0 Å². The molecule has 0 amide bonds. The van der Waals surface area contributed by atoms with E-state index >= 15 is 0 Å². The first-order chi connectivity index (χ1) is 12.2. The Hall–Kier alpha value is -1.11. The van der Waals surface area contributed by atoms with E-state index in [2.05, 4.69) is 57.0 Å². The zero-order valence-electron chi connectivity index (χ0n) is 15.9. The fraction of sp³-hybridized carbons (Fsp3) is 0.737. The van der Waals surface area contributed by atoms with Gasteiger partial charge in [0.1, 0.15) is 0 Å². The highest BCUT2D eigenvalue weighted by atomic mass is 32.1. The molecule has 1 aliphatic heterocycles. The lowest BCUT2D eigenvalue weighted by Crippen LogP contribution is -2.47. The standard InChI is InChI=1S/C19H33N5S/c1-20-19(21-13-16(23(2)3)15-8-9-15)22-14-17(18-7-6-12-25-18)24-10-4-5-11-24/h6-7,12,15-17H,4-5,8-11,13-14H2,1-3H3,(H2,20,21,22). The molecule has 1 aromatic rings. The SMILES string of the molecule is CN=C(NCC(C1CC1)N(C)C)NCC(c1cccs1)N1CCCC1. The molecule has 140 valence electrons. The van der Waals surface area contributed by atoms with E-state index in [1.807, 2.05) is 18.4 Å². The summed E-state index contributed by atoms with van der Waals surface area (Å²) in [4.78, 5) is 10.8. The summed E-state index contributed by atoms with van der Waals surface area (Å²) in [5.74, 6) is 1.78. The second kappa shape index (κ2) is 9.01. The molecule has 0 radical (unpaired) electrons. The number of hydrogen-bond donors (Lipinski definition) is 2. The Morgan fingerprint density at radius 3 is 2.56 bits per heavy atom. The first-order valence-electron chi connectivity index (χ1n) is 9.57. The minimum absolute atomic E-state index is 0.453. The molecule has 2 heterocycles. The van der Waals surface area contributed by atoms with Crippen LogP contribution in [0.4, 0.5) is 0 Å². The maximum absolute atomic E-state index is 4.44. The number of likely N-dealkylation sites (N-methyl/N-ethyl adjacent to an activating group) is 1. The lowest BCUT2D eigenvalue weighted by Gasteiger charge is -2.29. The molecule has 0 spiro atoms. The van der Waals surface area contributed by atoms with E-state index in [1.54, 1.807) is 0 Å². The molecule has 2 aliphatic rings. The number of nitrogens with one attached hydrogen (secondary N) is 2. The summed E-state index contributed by atoms with van der Waals surface area (Å²) >= 11 is 1.86. The Morgan fingerprint density at radius 2 is 2.00 bits per heavy atom. The molecule has 1 saturated heterocycles. The zero-order valence-corrected chi connectivity index (χ0v) is 16.7. The Bertz CT molecular complexity index is 530. The third-order valence-corrected chi connectivity index (χ3v) is 6.42. The Kier molecular flexibility index (Phi) is 6.73. The van der Waals surface area contributed by atoms with Crippen molar-refractivity contribution >= 4 is 17.3 Å². The van der Waals surface area contributed by atoms with Gasteiger partial charge in [0.2, 0.25) is 0 Å². The van der Waals surface area contributed by atoms with Crippen LogP contribution in [0, 0.1) is 5.92 Å². The first-order valence-corrected chi connectivity index (χ1v) is 10.5. The maximum atomic E-state index is 4.44. The van der Waals surface area contributed by atoms with Crippen LogP contribution in [0.3, 0.4) is 0 Å². The second-order valence-corrected chi connectivity index (χ2v) is 8.46.